The van der Waals surface area contributed by atoms with Gasteiger partial charge in [0.1, 0.15) is 0 Å². The first kappa shape index (κ1) is 11.3. The van der Waals surface area contributed by atoms with Crippen LogP contribution in [0, 0.1) is 0 Å². The fraction of sp³-hybridized carbons (Fsp3) is 0.400. The number of rotatable bonds is 2. The minimum atomic E-state index is -0.475. The second kappa shape index (κ2) is 4.16. The van der Waals surface area contributed by atoms with E-state index in [2.05, 4.69) is 17.1 Å². The number of primary amides is 1. The van der Waals surface area contributed by atoms with Crippen LogP contribution in [0.5, 0.6) is 0 Å². The van der Waals surface area contributed by atoms with Crippen molar-refractivity contribution in [2.24, 2.45) is 5.73 Å². The van der Waals surface area contributed by atoms with Crippen molar-refractivity contribution >= 4 is 16.8 Å². The van der Waals surface area contributed by atoms with Crippen molar-refractivity contribution < 1.29 is 4.79 Å². The molecule has 1 aliphatic carbocycles. The fourth-order valence-corrected chi connectivity index (χ4v) is 3.13. The molecule has 18 heavy (non-hydrogen) atoms. The van der Waals surface area contributed by atoms with Crippen molar-refractivity contribution in [1.82, 2.24) is 4.98 Å². The van der Waals surface area contributed by atoms with Crippen LogP contribution in [0.3, 0.4) is 0 Å². The molecule has 3 nitrogen and oxygen atoms in total. The standard InChI is InChI=1S/C15H18N2O/c16-14(18)15(8-4-1-5-9-15)13-10-11-6-2-3-7-12(11)17-13/h2-3,6-7,10,17H,1,4-5,8-9H2,(H2,16,18). The van der Waals surface area contributed by atoms with Gasteiger partial charge in [-0.15, -0.1) is 0 Å². The van der Waals surface area contributed by atoms with Crippen molar-refractivity contribution in [3.63, 3.8) is 0 Å². The number of aromatic amines is 1. The van der Waals surface area contributed by atoms with Gasteiger partial charge < -0.3 is 10.7 Å². The van der Waals surface area contributed by atoms with Crippen molar-refractivity contribution in [1.29, 1.82) is 0 Å². The summed E-state index contributed by atoms with van der Waals surface area (Å²) in [4.78, 5) is 15.3. The van der Waals surface area contributed by atoms with Gasteiger partial charge in [0, 0.05) is 11.2 Å². The van der Waals surface area contributed by atoms with Gasteiger partial charge in [-0.3, -0.25) is 4.79 Å². The predicted molar refractivity (Wildman–Crippen MR) is 72.3 cm³/mol. The number of nitrogens with two attached hydrogens (primary N) is 1. The Morgan fingerprint density at radius 1 is 1.17 bits per heavy atom. The Morgan fingerprint density at radius 2 is 1.89 bits per heavy atom. The van der Waals surface area contributed by atoms with E-state index in [1.54, 1.807) is 0 Å². The molecular formula is C15H18N2O. The smallest absolute Gasteiger partial charge is 0.229 e. The molecule has 2 aromatic rings. The van der Waals surface area contributed by atoms with Crippen LogP contribution in [-0.2, 0) is 10.2 Å². The Hall–Kier alpha value is -1.77. The van der Waals surface area contributed by atoms with E-state index in [0.717, 1.165) is 42.3 Å². The maximum absolute atomic E-state index is 12.0. The molecule has 1 saturated carbocycles. The zero-order chi connectivity index (χ0) is 12.6. The van der Waals surface area contributed by atoms with Crippen LogP contribution in [0.2, 0.25) is 0 Å². The number of H-pyrrole nitrogens is 1. The van der Waals surface area contributed by atoms with Crippen LogP contribution in [-0.4, -0.2) is 10.9 Å². The van der Waals surface area contributed by atoms with Gasteiger partial charge in [-0.1, -0.05) is 37.5 Å². The van der Waals surface area contributed by atoms with E-state index in [0.29, 0.717) is 0 Å². The average molecular weight is 242 g/mol. The highest BCUT2D eigenvalue weighted by molar-refractivity contribution is 5.89. The van der Waals surface area contributed by atoms with Crippen molar-refractivity contribution in [2.75, 3.05) is 0 Å². The summed E-state index contributed by atoms with van der Waals surface area (Å²) in [5, 5.41) is 1.15. The highest BCUT2D eigenvalue weighted by atomic mass is 16.1. The SMILES string of the molecule is NC(=O)C1(c2cc3ccccc3[nH]2)CCCCC1. The quantitative estimate of drug-likeness (QED) is 0.835. The molecule has 0 radical (unpaired) electrons. The van der Waals surface area contributed by atoms with Gasteiger partial charge in [-0.25, -0.2) is 0 Å². The molecule has 3 rings (SSSR count). The largest absolute Gasteiger partial charge is 0.369 e. The van der Waals surface area contributed by atoms with Gasteiger partial charge in [-0.2, -0.15) is 0 Å². The van der Waals surface area contributed by atoms with E-state index in [1.165, 1.54) is 6.42 Å². The van der Waals surface area contributed by atoms with Crippen LogP contribution in [0.4, 0.5) is 0 Å². The van der Waals surface area contributed by atoms with E-state index in [9.17, 15) is 4.79 Å². The number of hydrogen-bond acceptors (Lipinski definition) is 1. The second-order valence-corrected chi connectivity index (χ2v) is 5.28. The number of aromatic nitrogens is 1. The third-order valence-electron chi connectivity index (χ3n) is 4.22. The minimum Gasteiger partial charge on any atom is -0.369 e. The normalized spacial score (nSPS) is 18.9. The molecule has 0 spiro atoms. The monoisotopic (exact) mass is 242 g/mol. The lowest BCUT2D eigenvalue weighted by Crippen LogP contribution is -2.43. The molecule has 3 heteroatoms. The first-order valence-corrected chi connectivity index (χ1v) is 6.60. The van der Waals surface area contributed by atoms with Gasteiger partial charge >= 0.3 is 0 Å². The first-order valence-electron chi connectivity index (χ1n) is 6.60. The second-order valence-electron chi connectivity index (χ2n) is 5.28. The number of para-hydroxylation sites is 1. The maximum Gasteiger partial charge on any atom is 0.229 e. The molecule has 1 fully saturated rings. The molecule has 0 bridgehead atoms. The summed E-state index contributed by atoms with van der Waals surface area (Å²) in [6.45, 7) is 0. The Balaban J connectivity index is 2.12. The third kappa shape index (κ3) is 1.62. The third-order valence-corrected chi connectivity index (χ3v) is 4.22. The number of benzene rings is 1. The van der Waals surface area contributed by atoms with Gasteiger partial charge in [0.05, 0.1) is 5.41 Å². The lowest BCUT2D eigenvalue weighted by molar-refractivity contribution is -0.124. The summed E-state index contributed by atoms with van der Waals surface area (Å²) in [5.41, 5.74) is 7.30. The van der Waals surface area contributed by atoms with E-state index >= 15 is 0 Å². The molecular weight excluding hydrogens is 224 g/mol. The highest BCUT2D eigenvalue weighted by Crippen LogP contribution is 2.39. The summed E-state index contributed by atoms with van der Waals surface area (Å²) in [7, 11) is 0. The van der Waals surface area contributed by atoms with E-state index in [-0.39, 0.29) is 5.91 Å². The van der Waals surface area contributed by atoms with Crippen molar-refractivity contribution in [2.45, 2.75) is 37.5 Å². The van der Waals surface area contributed by atoms with Crippen LogP contribution in [0.1, 0.15) is 37.8 Å². The molecule has 1 aromatic carbocycles. The minimum absolute atomic E-state index is 0.186. The zero-order valence-electron chi connectivity index (χ0n) is 10.4. The van der Waals surface area contributed by atoms with Gasteiger partial charge in [0.25, 0.3) is 0 Å². The summed E-state index contributed by atoms with van der Waals surface area (Å²) < 4.78 is 0. The lowest BCUT2D eigenvalue weighted by Gasteiger charge is -2.33. The molecule has 1 aromatic heterocycles. The van der Waals surface area contributed by atoms with Crippen molar-refractivity contribution in [3.8, 4) is 0 Å². The first-order chi connectivity index (χ1) is 8.72. The number of amides is 1. The summed E-state index contributed by atoms with van der Waals surface area (Å²) in [6.07, 6.45) is 5.11. The molecule has 0 saturated heterocycles. The Labute approximate surface area is 106 Å². The summed E-state index contributed by atoms with van der Waals surface area (Å²) in [5.74, 6) is -0.186. The van der Waals surface area contributed by atoms with Crippen LogP contribution < -0.4 is 5.73 Å². The molecule has 1 heterocycles. The maximum atomic E-state index is 12.0. The number of carbonyl (C=O) groups is 1. The van der Waals surface area contributed by atoms with Crippen LogP contribution >= 0.6 is 0 Å². The Morgan fingerprint density at radius 3 is 2.56 bits per heavy atom. The number of nitrogens with one attached hydrogen (secondary N) is 1. The predicted octanol–water partition coefficient (Wildman–Crippen LogP) is 2.86. The topological polar surface area (TPSA) is 58.9 Å². The highest BCUT2D eigenvalue weighted by Gasteiger charge is 2.40. The molecule has 0 aliphatic heterocycles. The van der Waals surface area contributed by atoms with Crippen LogP contribution in [0.15, 0.2) is 30.3 Å². The summed E-state index contributed by atoms with van der Waals surface area (Å²) in [6, 6.07) is 10.2. The molecule has 1 aliphatic rings. The van der Waals surface area contributed by atoms with Crippen molar-refractivity contribution in [3.05, 3.63) is 36.0 Å². The Kier molecular flexibility index (Phi) is 2.62. The summed E-state index contributed by atoms with van der Waals surface area (Å²) >= 11 is 0. The fourth-order valence-electron chi connectivity index (χ4n) is 3.13. The van der Waals surface area contributed by atoms with E-state index in [4.69, 9.17) is 5.73 Å². The number of carbonyl (C=O) groups excluding carboxylic acids is 1. The van der Waals surface area contributed by atoms with Gasteiger partial charge in [0.2, 0.25) is 5.91 Å². The van der Waals surface area contributed by atoms with Crippen LogP contribution in [0.25, 0.3) is 10.9 Å². The van der Waals surface area contributed by atoms with Gasteiger partial charge in [0.15, 0.2) is 0 Å². The zero-order valence-corrected chi connectivity index (χ0v) is 10.4. The number of hydrogen-bond donors (Lipinski definition) is 2. The molecule has 1 amide bonds. The van der Waals surface area contributed by atoms with E-state index < -0.39 is 5.41 Å². The average Bonchev–Trinajstić information content (AvgIpc) is 2.83. The van der Waals surface area contributed by atoms with Gasteiger partial charge in [-0.05, 0) is 30.4 Å². The number of fused-ring (bicyclic) bond motifs is 1. The molecule has 94 valence electrons. The molecule has 3 N–H and O–H groups in total. The van der Waals surface area contributed by atoms with E-state index in [1.807, 2.05) is 18.2 Å². The lowest BCUT2D eigenvalue weighted by atomic mass is 9.71. The Bertz CT molecular complexity index is 546. The molecule has 0 unspecified atom stereocenters. The molecule has 0 atom stereocenters.